The number of nitrogens with one attached hydrogen (secondary N) is 2. The third kappa shape index (κ3) is 6.31. The molecule has 0 saturated heterocycles. The fourth-order valence-corrected chi connectivity index (χ4v) is 2.71. The molecule has 8 nitrogen and oxygen atoms in total. The fourth-order valence-electron chi connectivity index (χ4n) is 2.71. The van der Waals surface area contributed by atoms with Crippen molar-refractivity contribution in [2.24, 2.45) is 0 Å². The van der Waals surface area contributed by atoms with E-state index in [1.807, 2.05) is 12.1 Å². The van der Waals surface area contributed by atoms with Crippen LogP contribution >= 0.6 is 0 Å². The minimum absolute atomic E-state index is 0.000239. The van der Waals surface area contributed by atoms with Gasteiger partial charge in [0, 0.05) is 31.4 Å². The van der Waals surface area contributed by atoms with Gasteiger partial charge in [0.25, 0.3) is 11.6 Å². The summed E-state index contributed by atoms with van der Waals surface area (Å²) in [6, 6.07) is 12.0. The number of rotatable bonds is 9. The molecule has 0 atom stereocenters. The zero-order chi connectivity index (χ0) is 21.4. The Morgan fingerprint density at radius 1 is 1.14 bits per heavy atom. The van der Waals surface area contributed by atoms with Gasteiger partial charge in [-0.2, -0.15) is 0 Å². The highest BCUT2D eigenvalue weighted by Crippen LogP contribution is 2.22. The Labute approximate surface area is 169 Å². The third-order valence-electron chi connectivity index (χ3n) is 4.42. The van der Waals surface area contributed by atoms with Gasteiger partial charge in [0.2, 0.25) is 0 Å². The molecule has 2 aromatic rings. The van der Waals surface area contributed by atoms with E-state index in [9.17, 15) is 19.7 Å². The second kappa shape index (κ2) is 10.2. The number of carbonyl (C=O) groups excluding carboxylic acids is 2. The van der Waals surface area contributed by atoms with Gasteiger partial charge in [0.15, 0.2) is 6.61 Å². The molecule has 2 N–H and O–H groups in total. The minimum Gasteiger partial charge on any atom is -0.452 e. The van der Waals surface area contributed by atoms with E-state index in [1.165, 1.54) is 17.7 Å². The van der Waals surface area contributed by atoms with Gasteiger partial charge < -0.3 is 15.4 Å². The van der Waals surface area contributed by atoms with Crippen LogP contribution in [0.1, 0.15) is 41.3 Å². The molecule has 0 aliphatic heterocycles. The average molecular weight is 399 g/mol. The van der Waals surface area contributed by atoms with Gasteiger partial charge in [-0.3, -0.25) is 14.9 Å². The van der Waals surface area contributed by atoms with Crippen LogP contribution in [0.25, 0.3) is 0 Å². The number of amides is 1. The Hall–Kier alpha value is -3.42. The summed E-state index contributed by atoms with van der Waals surface area (Å²) in [6.07, 6.45) is 0.660. The fraction of sp³-hybridized carbons (Fsp3) is 0.333. The Balaban J connectivity index is 1.83. The number of nitro benzene ring substituents is 1. The molecule has 0 aromatic heterocycles. The lowest BCUT2D eigenvalue weighted by molar-refractivity contribution is -0.384. The number of carbonyl (C=O) groups is 2. The van der Waals surface area contributed by atoms with E-state index in [-0.39, 0.29) is 11.3 Å². The van der Waals surface area contributed by atoms with Crippen LogP contribution in [0.5, 0.6) is 0 Å². The number of esters is 1. The van der Waals surface area contributed by atoms with Gasteiger partial charge in [-0.05, 0) is 29.5 Å². The van der Waals surface area contributed by atoms with Gasteiger partial charge in [0.05, 0.1) is 10.5 Å². The van der Waals surface area contributed by atoms with Gasteiger partial charge in [-0.25, -0.2) is 4.79 Å². The largest absolute Gasteiger partial charge is 0.452 e. The van der Waals surface area contributed by atoms with E-state index in [2.05, 4.69) is 36.6 Å². The molecule has 8 heteroatoms. The zero-order valence-electron chi connectivity index (χ0n) is 16.7. The van der Waals surface area contributed by atoms with Crippen molar-refractivity contribution < 1.29 is 19.2 Å². The van der Waals surface area contributed by atoms with Crippen LogP contribution in [0.4, 0.5) is 11.4 Å². The van der Waals surface area contributed by atoms with Crippen LogP contribution in [-0.2, 0) is 16.0 Å². The number of ether oxygens (including phenoxy) is 1. The monoisotopic (exact) mass is 399 g/mol. The van der Waals surface area contributed by atoms with Crippen LogP contribution in [0.2, 0.25) is 0 Å². The predicted molar refractivity (Wildman–Crippen MR) is 110 cm³/mol. The molecule has 0 fully saturated rings. The molecule has 2 aromatic carbocycles. The SMILES string of the molecule is CNc1ccc([N+](=O)[O-])cc1C(=O)OCC(=O)NCCc1ccc(C(C)C)cc1. The first-order chi connectivity index (χ1) is 13.8. The first kappa shape index (κ1) is 21.9. The summed E-state index contributed by atoms with van der Waals surface area (Å²) in [6.45, 7) is 4.21. The number of nitrogens with zero attached hydrogens (tertiary/aromatic N) is 1. The molecule has 0 aliphatic carbocycles. The van der Waals surface area contributed by atoms with Gasteiger partial charge in [0.1, 0.15) is 0 Å². The number of hydrogen-bond donors (Lipinski definition) is 2. The normalized spacial score (nSPS) is 10.5. The molecule has 0 spiro atoms. The van der Waals surface area contributed by atoms with Gasteiger partial charge >= 0.3 is 5.97 Å². The molecule has 2 rings (SSSR count). The summed E-state index contributed by atoms with van der Waals surface area (Å²) in [5, 5.41) is 16.4. The maximum atomic E-state index is 12.2. The van der Waals surface area contributed by atoms with Crippen LogP contribution in [0.15, 0.2) is 42.5 Å². The topological polar surface area (TPSA) is 111 Å². The smallest absolute Gasteiger partial charge is 0.341 e. The second-order valence-electron chi connectivity index (χ2n) is 6.81. The van der Waals surface area contributed by atoms with E-state index >= 15 is 0 Å². The lowest BCUT2D eigenvalue weighted by Crippen LogP contribution is -2.30. The number of hydrogen-bond acceptors (Lipinski definition) is 6. The van der Waals surface area contributed by atoms with Crippen molar-refractivity contribution in [3.63, 3.8) is 0 Å². The maximum absolute atomic E-state index is 12.2. The predicted octanol–water partition coefficient (Wildman–Crippen LogP) is 3.28. The standard InChI is InChI=1S/C21H25N3O5/c1-14(2)16-6-4-15(5-7-16)10-11-23-20(25)13-29-21(26)18-12-17(24(27)28)8-9-19(18)22-3/h4-9,12,14,22H,10-11,13H2,1-3H3,(H,23,25). The summed E-state index contributed by atoms with van der Waals surface area (Å²) >= 11 is 0. The van der Waals surface area contributed by atoms with E-state index in [0.717, 1.165) is 11.6 Å². The summed E-state index contributed by atoms with van der Waals surface area (Å²) in [7, 11) is 1.58. The van der Waals surface area contributed by atoms with Crippen molar-refractivity contribution in [2.75, 3.05) is 25.5 Å². The zero-order valence-corrected chi connectivity index (χ0v) is 16.7. The van der Waals surface area contributed by atoms with E-state index in [4.69, 9.17) is 4.74 Å². The summed E-state index contributed by atoms with van der Waals surface area (Å²) < 4.78 is 5.00. The molecule has 29 heavy (non-hydrogen) atoms. The second-order valence-corrected chi connectivity index (χ2v) is 6.81. The van der Waals surface area contributed by atoms with E-state index < -0.39 is 23.4 Å². The van der Waals surface area contributed by atoms with Crippen molar-refractivity contribution in [3.8, 4) is 0 Å². The van der Waals surface area contributed by atoms with Crippen LogP contribution in [0.3, 0.4) is 0 Å². The third-order valence-corrected chi connectivity index (χ3v) is 4.42. The first-order valence-electron chi connectivity index (χ1n) is 9.30. The highest BCUT2D eigenvalue weighted by atomic mass is 16.6. The summed E-state index contributed by atoms with van der Waals surface area (Å²) in [5.41, 5.74) is 2.50. The van der Waals surface area contributed by atoms with Crippen molar-refractivity contribution in [1.82, 2.24) is 5.32 Å². The molecule has 1 amide bonds. The lowest BCUT2D eigenvalue weighted by atomic mass is 10.0. The molecule has 154 valence electrons. The molecular weight excluding hydrogens is 374 g/mol. The van der Waals surface area contributed by atoms with Crippen molar-refractivity contribution in [1.29, 1.82) is 0 Å². The van der Waals surface area contributed by atoms with Crippen LogP contribution in [0, 0.1) is 10.1 Å². The van der Waals surface area contributed by atoms with Gasteiger partial charge in [-0.1, -0.05) is 38.1 Å². The van der Waals surface area contributed by atoms with Crippen molar-refractivity contribution in [3.05, 3.63) is 69.3 Å². The molecule has 0 aliphatic rings. The molecule has 0 bridgehead atoms. The van der Waals surface area contributed by atoms with E-state index in [1.54, 1.807) is 7.05 Å². The molecule has 0 heterocycles. The average Bonchev–Trinajstić information content (AvgIpc) is 2.71. The van der Waals surface area contributed by atoms with Crippen LogP contribution in [-0.4, -0.2) is 37.0 Å². The number of benzene rings is 2. The number of nitro groups is 1. The number of non-ortho nitro benzene ring substituents is 1. The summed E-state index contributed by atoms with van der Waals surface area (Å²) in [5.74, 6) is -0.779. The number of anilines is 1. The highest BCUT2D eigenvalue weighted by molar-refractivity contribution is 5.97. The summed E-state index contributed by atoms with van der Waals surface area (Å²) in [4.78, 5) is 34.4. The first-order valence-corrected chi connectivity index (χ1v) is 9.30. The Morgan fingerprint density at radius 3 is 2.41 bits per heavy atom. The molecular formula is C21H25N3O5. The molecule has 0 radical (unpaired) electrons. The van der Waals surface area contributed by atoms with Gasteiger partial charge in [-0.15, -0.1) is 0 Å². The Bertz CT molecular complexity index is 878. The van der Waals surface area contributed by atoms with Crippen molar-refractivity contribution in [2.45, 2.75) is 26.2 Å². The van der Waals surface area contributed by atoms with Crippen LogP contribution < -0.4 is 10.6 Å². The van der Waals surface area contributed by atoms with Crippen molar-refractivity contribution >= 4 is 23.3 Å². The lowest BCUT2D eigenvalue weighted by Gasteiger charge is -2.10. The maximum Gasteiger partial charge on any atom is 0.341 e. The molecule has 0 saturated carbocycles. The minimum atomic E-state index is -0.808. The Morgan fingerprint density at radius 2 is 1.83 bits per heavy atom. The van der Waals surface area contributed by atoms with E-state index in [0.29, 0.717) is 24.6 Å². The Kier molecular flexibility index (Phi) is 7.70. The quantitative estimate of drug-likeness (QED) is 0.380. The highest BCUT2D eigenvalue weighted by Gasteiger charge is 2.18. The molecule has 0 unspecified atom stereocenters.